The fraction of sp³-hybridized carbons (Fsp3) is 0.632. The number of halogens is 1. The summed E-state index contributed by atoms with van der Waals surface area (Å²) in [5, 5.41) is 15.1. The first-order chi connectivity index (χ1) is 12.2. The van der Waals surface area contributed by atoms with Crippen LogP contribution in [0.4, 0.5) is 0 Å². The fourth-order valence-electron chi connectivity index (χ4n) is 2.86. The third kappa shape index (κ3) is 7.47. The van der Waals surface area contributed by atoms with Crippen molar-refractivity contribution >= 4 is 35.6 Å². The summed E-state index contributed by atoms with van der Waals surface area (Å²) in [5.74, 6) is 2.34. The summed E-state index contributed by atoms with van der Waals surface area (Å²) >= 11 is 0. The maximum atomic E-state index is 4.30. The van der Waals surface area contributed by atoms with E-state index in [0.717, 1.165) is 24.0 Å². The van der Waals surface area contributed by atoms with Gasteiger partial charge in [0, 0.05) is 19.8 Å². The minimum atomic E-state index is 0. The smallest absolute Gasteiger partial charge is 0.191 e. The summed E-state index contributed by atoms with van der Waals surface area (Å²) < 4.78 is 1.99. The first-order valence-corrected chi connectivity index (χ1v) is 9.47. The Kier molecular flexibility index (Phi) is 11.2. The number of hydrogen-bond donors (Lipinski definition) is 2. The first-order valence-electron chi connectivity index (χ1n) is 9.47. The second-order valence-electron chi connectivity index (χ2n) is 6.66. The van der Waals surface area contributed by atoms with Crippen LogP contribution in [0.3, 0.4) is 0 Å². The van der Waals surface area contributed by atoms with Crippen molar-refractivity contribution in [3.63, 3.8) is 0 Å². The van der Waals surface area contributed by atoms with Gasteiger partial charge >= 0.3 is 0 Å². The SMILES string of the molecule is CCCCCCCC(C)CNC(=NC)NCc1nnc2ccccn12.I. The Hall–Kier alpha value is -1.38. The second-order valence-corrected chi connectivity index (χ2v) is 6.66. The van der Waals surface area contributed by atoms with Crippen molar-refractivity contribution in [2.45, 2.75) is 58.9 Å². The van der Waals surface area contributed by atoms with Crippen LogP contribution in [0, 0.1) is 5.92 Å². The second kappa shape index (κ2) is 12.9. The molecule has 0 saturated carbocycles. The van der Waals surface area contributed by atoms with Crippen LogP contribution >= 0.6 is 24.0 Å². The largest absolute Gasteiger partial charge is 0.356 e. The van der Waals surface area contributed by atoms with Crippen LogP contribution in [0.2, 0.25) is 0 Å². The third-order valence-electron chi connectivity index (χ3n) is 4.44. The van der Waals surface area contributed by atoms with Gasteiger partial charge in [-0.1, -0.05) is 52.0 Å². The topological polar surface area (TPSA) is 66.6 Å². The summed E-state index contributed by atoms with van der Waals surface area (Å²) in [6, 6.07) is 5.90. The van der Waals surface area contributed by atoms with Gasteiger partial charge in [0.2, 0.25) is 0 Å². The number of guanidine groups is 1. The van der Waals surface area contributed by atoms with Crippen LogP contribution in [0.15, 0.2) is 29.4 Å². The van der Waals surface area contributed by atoms with Crippen LogP contribution in [-0.2, 0) is 6.54 Å². The molecule has 2 aromatic rings. The average Bonchev–Trinajstić information content (AvgIpc) is 3.05. The number of rotatable bonds is 10. The van der Waals surface area contributed by atoms with Gasteiger partial charge in [-0.05, 0) is 24.5 Å². The average molecular weight is 472 g/mol. The molecule has 26 heavy (non-hydrogen) atoms. The summed E-state index contributed by atoms with van der Waals surface area (Å²) in [4.78, 5) is 4.30. The van der Waals surface area contributed by atoms with E-state index in [0.29, 0.717) is 12.5 Å². The Morgan fingerprint density at radius 3 is 2.73 bits per heavy atom. The molecule has 1 unspecified atom stereocenters. The highest BCUT2D eigenvalue weighted by Crippen LogP contribution is 2.10. The van der Waals surface area contributed by atoms with E-state index >= 15 is 0 Å². The molecule has 0 aromatic carbocycles. The van der Waals surface area contributed by atoms with Crippen molar-refractivity contribution in [2.75, 3.05) is 13.6 Å². The summed E-state index contributed by atoms with van der Waals surface area (Å²) in [5.41, 5.74) is 0.860. The molecule has 2 rings (SSSR count). The fourth-order valence-corrected chi connectivity index (χ4v) is 2.86. The molecule has 1 atom stereocenters. The maximum Gasteiger partial charge on any atom is 0.191 e. The Bertz CT molecular complexity index is 654. The molecule has 146 valence electrons. The van der Waals surface area contributed by atoms with Crippen molar-refractivity contribution in [3.8, 4) is 0 Å². The quantitative estimate of drug-likeness (QED) is 0.237. The molecule has 0 aliphatic heterocycles. The number of aliphatic imine (C=N–C) groups is 1. The summed E-state index contributed by atoms with van der Waals surface area (Å²) in [6.07, 6.45) is 9.95. The number of aromatic nitrogens is 3. The number of hydrogen-bond acceptors (Lipinski definition) is 3. The third-order valence-corrected chi connectivity index (χ3v) is 4.44. The van der Waals surface area contributed by atoms with E-state index < -0.39 is 0 Å². The van der Waals surface area contributed by atoms with Crippen molar-refractivity contribution < 1.29 is 0 Å². The minimum absolute atomic E-state index is 0. The number of pyridine rings is 1. The standard InChI is InChI=1S/C19H32N6.HI/c1-4-5-6-7-8-11-16(2)14-21-19(20-3)22-15-18-24-23-17-12-9-10-13-25(17)18;/h9-10,12-13,16H,4-8,11,14-15H2,1-3H3,(H2,20,21,22);1H. The molecule has 2 heterocycles. The predicted molar refractivity (Wildman–Crippen MR) is 119 cm³/mol. The van der Waals surface area contributed by atoms with E-state index in [1.165, 1.54) is 38.5 Å². The van der Waals surface area contributed by atoms with Crippen LogP contribution in [-0.4, -0.2) is 34.2 Å². The van der Waals surface area contributed by atoms with Crippen LogP contribution in [0.5, 0.6) is 0 Å². The number of unbranched alkanes of at least 4 members (excludes halogenated alkanes) is 4. The van der Waals surface area contributed by atoms with E-state index in [-0.39, 0.29) is 24.0 Å². The highest BCUT2D eigenvalue weighted by atomic mass is 127. The maximum absolute atomic E-state index is 4.30. The molecule has 2 N–H and O–H groups in total. The molecule has 0 fully saturated rings. The van der Waals surface area contributed by atoms with Gasteiger partial charge in [0.1, 0.15) is 0 Å². The molecule has 7 heteroatoms. The molecule has 0 aliphatic carbocycles. The van der Waals surface area contributed by atoms with E-state index in [1.807, 2.05) is 28.8 Å². The molecule has 0 aliphatic rings. The van der Waals surface area contributed by atoms with Gasteiger partial charge in [-0.3, -0.25) is 9.39 Å². The number of fused-ring (bicyclic) bond motifs is 1. The van der Waals surface area contributed by atoms with Crippen molar-refractivity contribution in [3.05, 3.63) is 30.2 Å². The zero-order chi connectivity index (χ0) is 17.9. The molecule has 0 saturated heterocycles. The highest BCUT2D eigenvalue weighted by molar-refractivity contribution is 14.0. The molecule has 6 nitrogen and oxygen atoms in total. The van der Waals surface area contributed by atoms with E-state index in [1.54, 1.807) is 7.05 Å². The summed E-state index contributed by atoms with van der Waals surface area (Å²) in [6.45, 7) is 6.09. The van der Waals surface area contributed by atoms with Gasteiger partial charge in [0.15, 0.2) is 17.4 Å². The van der Waals surface area contributed by atoms with Crippen molar-refractivity contribution in [1.82, 2.24) is 25.2 Å². The normalized spacial score (nSPS) is 12.7. The van der Waals surface area contributed by atoms with Crippen molar-refractivity contribution in [1.29, 1.82) is 0 Å². The van der Waals surface area contributed by atoms with E-state index in [4.69, 9.17) is 0 Å². The summed E-state index contributed by atoms with van der Waals surface area (Å²) in [7, 11) is 1.80. The zero-order valence-corrected chi connectivity index (χ0v) is 18.6. The molecule has 0 bridgehead atoms. The Balaban J connectivity index is 0.00000338. The van der Waals surface area contributed by atoms with E-state index in [2.05, 4.69) is 39.7 Å². The lowest BCUT2D eigenvalue weighted by molar-refractivity contribution is 0.477. The van der Waals surface area contributed by atoms with Crippen molar-refractivity contribution in [2.24, 2.45) is 10.9 Å². The van der Waals surface area contributed by atoms with E-state index in [9.17, 15) is 0 Å². The minimum Gasteiger partial charge on any atom is -0.356 e. The molecule has 0 amide bonds. The lowest BCUT2D eigenvalue weighted by Crippen LogP contribution is -2.39. The monoisotopic (exact) mass is 472 g/mol. The van der Waals surface area contributed by atoms with Gasteiger partial charge in [-0.2, -0.15) is 0 Å². The first kappa shape index (κ1) is 22.7. The molecular weight excluding hydrogens is 439 g/mol. The molecule has 2 aromatic heterocycles. The highest BCUT2D eigenvalue weighted by Gasteiger charge is 2.07. The lowest BCUT2D eigenvalue weighted by atomic mass is 10.0. The zero-order valence-electron chi connectivity index (χ0n) is 16.2. The molecule has 0 radical (unpaired) electrons. The van der Waals surface area contributed by atoms with Crippen LogP contribution in [0.1, 0.15) is 58.2 Å². The molecular formula is C19H33IN6. The van der Waals surface area contributed by atoms with Gasteiger partial charge in [-0.25, -0.2) is 0 Å². The number of nitrogens with zero attached hydrogens (tertiary/aromatic N) is 4. The van der Waals surface area contributed by atoms with Gasteiger partial charge < -0.3 is 10.6 Å². The lowest BCUT2D eigenvalue weighted by Gasteiger charge is -2.15. The van der Waals surface area contributed by atoms with Crippen LogP contribution in [0.25, 0.3) is 5.65 Å². The number of nitrogens with one attached hydrogen (secondary N) is 2. The van der Waals surface area contributed by atoms with Crippen LogP contribution < -0.4 is 10.6 Å². The Morgan fingerprint density at radius 2 is 1.96 bits per heavy atom. The predicted octanol–water partition coefficient (Wildman–Crippen LogP) is 4.01. The molecule has 0 spiro atoms. The Morgan fingerprint density at radius 1 is 1.15 bits per heavy atom. The van der Waals surface area contributed by atoms with Gasteiger partial charge in [-0.15, -0.1) is 34.2 Å². The van der Waals surface area contributed by atoms with Gasteiger partial charge in [0.05, 0.1) is 6.54 Å². The van der Waals surface area contributed by atoms with Gasteiger partial charge in [0.25, 0.3) is 0 Å². The Labute approximate surface area is 174 Å².